The lowest BCUT2D eigenvalue weighted by Gasteiger charge is -2.31. The summed E-state index contributed by atoms with van der Waals surface area (Å²) >= 11 is 0. The van der Waals surface area contributed by atoms with Crippen molar-refractivity contribution < 1.29 is 9.59 Å². The number of amides is 2. The topological polar surface area (TPSA) is 106 Å². The van der Waals surface area contributed by atoms with E-state index in [4.69, 9.17) is 0 Å². The summed E-state index contributed by atoms with van der Waals surface area (Å²) in [4.78, 5) is 30.6. The Morgan fingerprint density at radius 3 is 2.96 bits per heavy atom. The van der Waals surface area contributed by atoms with Gasteiger partial charge in [0, 0.05) is 19.3 Å². The molecule has 3 rings (SSSR count). The molecule has 9 heteroatoms. The minimum Gasteiger partial charge on any atom is -0.340 e. The number of rotatable bonds is 4. The van der Waals surface area contributed by atoms with Gasteiger partial charge >= 0.3 is 0 Å². The average Bonchev–Trinajstić information content (AvgIpc) is 3.10. The van der Waals surface area contributed by atoms with Crippen LogP contribution >= 0.6 is 0 Å². The molecule has 0 aromatic carbocycles. The van der Waals surface area contributed by atoms with E-state index in [9.17, 15) is 9.59 Å². The zero-order valence-electron chi connectivity index (χ0n) is 13.4. The predicted molar refractivity (Wildman–Crippen MR) is 84.7 cm³/mol. The van der Waals surface area contributed by atoms with Crippen LogP contribution in [0.1, 0.15) is 18.4 Å². The van der Waals surface area contributed by atoms with E-state index in [0.29, 0.717) is 18.9 Å². The minimum atomic E-state index is -0.236. The molecule has 0 bridgehead atoms. The Labute approximate surface area is 139 Å². The molecule has 2 amide bonds. The first-order valence-corrected chi connectivity index (χ1v) is 7.84. The Bertz CT molecular complexity index is 699. The Morgan fingerprint density at radius 2 is 2.25 bits per heavy atom. The number of hydrogen-bond donors (Lipinski definition) is 1. The molecule has 1 fully saturated rings. The first kappa shape index (κ1) is 16.0. The molecule has 1 unspecified atom stereocenters. The normalized spacial score (nSPS) is 17.5. The molecular formula is C15H19N7O2. The lowest BCUT2D eigenvalue weighted by molar-refractivity contribution is -0.135. The lowest BCUT2D eigenvalue weighted by atomic mass is 9.97. The van der Waals surface area contributed by atoms with Crippen molar-refractivity contribution in [1.82, 2.24) is 30.1 Å². The third kappa shape index (κ3) is 3.92. The van der Waals surface area contributed by atoms with E-state index in [1.54, 1.807) is 17.2 Å². The number of nitrogens with one attached hydrogen (secondary N) is 1. The Kier molecular flexibility index (Phi) is 4.78. The molecule has 1 saturated heterocycles. The van der Waals surface area contributed by atoms with Crippen LogP contribution in [0, 0.1) is 12.8 Å². The highest BCUT2D eigenvalue weighted by Gasteiger charge is 2.28. The van der Waals surface area contributed by atoms with E-state index >= 15 is 0 Å². The van der Waals surface area contributed by atoms with Crippen molar-refractivity contribution in [2.45, 2.75) is 26.3 Å². The molecule has 24 heavy (non-hydrogen) atoms. The molecule has 0 aliphatic carbocycles. The summed E-state index contributed by atoms with van der Waals surface area (Å²) < 4.78 is 1.38. The SMILES string of the molecule is Cc1ccc(NC(=O)C2CCCN(C(=O)Cn3cnnn3)C2)nc1. The standard InChI is InChI=1S/C15H19N7O2/c1-11-4-5-13(16-7-11)18-15(24)12-3-2-6-21(8-12)14(23)9-22-10-17-19-20-22/h4-5,7,10,12H,2-3,6,8-9H2,1H3,(H,16,18,24). The van der Waals surface area contributed by atoms with Crippen LogP contribution in [-0.2, 0) is 16.1 Å². The van der Waals surface area contributed by atoms with E-state index in [-0.39, 0.29) is 24.3 Å². The molecule has 1 aliphatic heterocycles. The van der Waals surface area contributed by atoms with E-state index in [1.807, 2.05) is 13.0 Å². The van der Waals surface area contributed by atoms with Crippen molar-refractivity contribution in [2.24, 2.45) is 5.92 Å². The largest absolute Gasteiger partial charge is 0.340 e. The van der Waals surface area contributed by atoms with Gasteiger partial charge in [-0.15, -0.1) is 5.10 Å². The Morgan fingerprint density at radius 1 is 1.38 bits per heavy atom. The number of hydrogen-bond acceptors (Lipinski definition) is 6. The van der Waals surface area contributed by atoms with Crippen LogP contribution in [0.25, 0.3) is 0 Å². The molecular weight excluding hydrogens is 310 g/mol. The number of pyridine rings is 1. The van der Waals surface area contributed by atoms with Gasteiger partial charge in [0.25, 0.3) is 0 Å². The summed E-state index contributed by atoms with van der Waals surface area (Å²) in [6.07, 6.45) is 4.65. The highest BCUT2D eigenvalue weighted by atomic mass is 16.2. The number of carbonyl (C=O) groups excluding carboxylic acids is 2. The highest BCUT2D eigenvalue weighted by molar-refractivity contribution is 5.92. The molecule has 2 aromatic rings. The maximum Gasteiger partial charge on any atom is 0.244 e. The first-order valence-electron chi connectivity index (χ1n) is 7.84. The van der Waals surface area contributed by atoms with Crippen molar-refractivity contribution in [1.29, 1.82) is 0 Å². The smallest absolute Gasteiger partial charge is 0.244 e. The number of aromatic nitrogens is 5. The maximum atomic E-state index is 12.4. The fraction of sp³-hybridized carbons (Fsp3) is 0.467. The van der Waals surface area contributed by atoms with Gasteiger partial charge < -0.3 is 10.2 Å². The van der Waals surface area contributed by atoms with E-state index in [2.05, 4.69) is 25.8 Å². The summed E-state index contributed by atoms with van der Waals surface area (Å²) in [6, 6.07) is 3.67. The van der Waals surface area contributed by atoms with Gasteiger partial charge in [-0.25, -0.2) is 9.67 Å². The molecule has 126 valence electrons. The first-order chi connectivity index (χ1) is 11.6. The number of likely N-dealkylation sites (tertiary alicyclic amines) is 1. The fourth-order valence-electron chi connectivity index (χ4n) is 2.68. The number of nitrogens with zero attached hydrogens (tertiary/aromatic N) is 6. The summed E-state index contributed by atoms with van der Waals surface area (Å²) in [5.74, 6) is 0.0990. The molecule has 3 heterocycles. The zero-order chi connectivity index (χ0) is 16.9. The van der Waals surface area contributed by atoms with Gasteiger partial charge in [0.2, 0.25) is 11.8 Å². The van der Waals surface area contributed by atoms with Gasteiger partial charge in [0.15, 0.2) is 0 Å². The van der Waals surface area contributed by atoms with E-state index in [1.165, 1.54) is 11.0 Å². The second kappa shape index (κ2) is 7.16. The van der Waals surface area contributed by atoms with Gasteiger partial charge in [0.05, 0.1) is 5.92 Å². The quantitative estimate of drug-likeness (QED) is 0.862. The second-order valence-corrected chi connectivity index (χ2v) is 5.90. The lowest BCUT2D eigenvalue weighted by Crippen LogP contribution is -2.45. The maximum absolute atomic E-state index is 12.4. The van der Waals surface area contributed by atoms with Gasteiger partial charge in [-0.1, -0.05) is 6.07 Å². The summed E-state index contributed by atoms with van der Waals surface area (Å²) in [5, 5.41) is 13.5. The van der Waals surface area contributed by atoms with Crippen LogP contribution < -0.4 is 5.32 Å². The predicted octanol–water partition coefficient (Wildman–Crippen LogP) is 0.254. The van der Waals surface area contributed by atoms with Crippen molar-refractivity contribution in [3.63, 3.8) is 0 Å². The number of piperidine rings is 1. The van der Waals surface area contributed by atoms with Crippen LogP contribution in [0.5, 0.6) is 0 Å². The van der Waals surface area contributed by atoms with E-state index < -0.39 is 0 Å². The van der Waals surface area contributed by atoms with Crippen LogP contribution in [0.3, 0.4) is 0 Å². The third-order valence-electron chi connectivity index (χ3n) is 4.00. The van der Waals surface area contributed by atoms with E-state index in [0.717, 1.165) is 18.4 Å². The zero-order valence-corrected chi connectivity index (χ0v) is 13.4. The average molecular weight is 329 g/mol. The number of anilines is 1. The van der Waals surface area contributed by atoms with Gasteiger partial charge in [-0.3, -0.25) is 9.59 Å². The van der Waals surface area contributed by atoms with Gasteiger partial charge in [-0.2, -0.15) is 0 Å². The monoisotopic (exact) mass is 329 g/mol. The van der Waals surface area contributed by atoms with Crippen LogP contribution in [0.15, 0.2) is 24.7 Å². The van der Waals surface area contributed by atoms with Gasteiger partial charge in [0.1, 0.15) is 18.7 Å². The third-order valence-corrected chi connectivity index (χ3v) is 4.00. The molecule has 0 spiro atoms. The molecule has 0 radical (unpaired) electrons. The molecule has 1 N–H and O–H groups in total. The summed E-state index contributed by atoms with van der Waals surface area (Å²) in [6.45, 7) is 3.07. The van der Waals surface area contributed by atoms with Crippen molar-refractivity contribution >= 4 is 17.6 Å². The minimum absolute atomic E-state index is 0.0842. The van der Waals surface area contributed by atoms with Crippen molar-refractivity contribution in [3.05, 3.63) is 30.2 Å². The number of tetrazole rings is 1. The van der Waals surface area contributed by atoms with Crippen LogP contribution in [0.2, 0.25) is 0 Å². The fourth-order valence-corrected chi connectivity index (χ4v) is 2.68. The summed E-state index contributed by atoms with van der Waals surface area (Å²) in [7, 11) is 0. The van der Waals surface area contributed by atoms with Crippen LogP contribution in [-0.4, -0.2) is 55.0 Å². The summed E-state index contributed by atoms with van der Waals surface area (Å²) in [5.41, 5.74) is 1.03. The second-order valence-electron chi connectivity index (χ2n) is 5.90. The Balaban J connectivity index is 1.57. The highest BCUT2D eigenvalue weighted by Crippen LogP contribution is 2.18. The van der Waals surface area contributed by atoms with Gasteiger partial charge in [-0.05, 0) is 41.8 Å². The molecule has 0 saturated carbocycles. The van der Waals surface area contributed by atoms with Crippen molar-refractivity contribution in [2.75, 3.05) is 18.4 Å². The molecule has 2 aromatic heterocycles. The van der Waals surface area contributed by atoms with Crippen LogP contribution in [0.4, 0.5) is 5.82 Å². The molecule has 1 atom stereocenters. The Hall–Kier alpha value is -2.84. The molecule has 9 nitrogen and oxygen atoms in total. The number of aryl methyl sites for hydroxylation is 1. The van der Waals surface area contributed by atoms with Crippen molar-refractivity contribution in [3.8, 4) is 0 Å². The molecule has 1 aliphatic rings. The number of carbonyl (C=O) groups is 2.